The second-order valence-corrected chi connectivity index (χ2v) is 6.68. The zero-order chi connectivity index (χ0) is 21.1. The lowest BCUT2D eigenvalue weighted by molar-refractivity contribution is -0.116. The van der Waals surface area contributed by atoms with Crippen LogP contribution < -0.4 is 21.2 Å². The molecule has 4 rings (SSSR count). The molecule has 0 unspecified atom stereocenters. The minimum Gasteiger partial charge on any atom is -0.497 e. The molecule has 3 aromatic carbocycles. The Labute approximate surface area is 171 Å². The van der Waals surface area contributed by atoms with E-state index < -0.39 is 17.0 Å². The number of anilines is 1. The maximum absolute atomic E-state index is 12.7. The summed E-state index contributed by atoms with van der Waals surface area (Å²) in [6.45, 7) is -0.276. The van der Waals surface area contributed by atoms with E-state index >= 15 is 0 Å². The predicted molar refractivity (Wildman–Crippen MR) is 115 cm³/mol. The van der Waals surface area contributed by atoms with Crippen molar-refractivity contribution in [2.75, 3.05) is 12.4 Å². The van der Waals surface area contributed by atoms with Crippen LogP contribution in [0.2, 0.25) is 0 Å². The van der Waals surface area contributed by atoms with Crippen LogP contribution in [0.15, 0.2) is 88.7 Å². The normalized spacial score (nSPS) is 10.7. The summed E-state index contributed by atoms with van der Waals surface area (Å²) in [7, 11) is 1.53. The number of carbonyl (C=O) groups excluding carboxylic acids is 1. The van der Waals surface area contributed by atoms with Crippen molar-refractivity contribution in [3.8, 4) is 11.4 Å². The Bertz CT molecular complexity index is 1350. The molecular weight excluding hydrogens is 382 g/mol. The van der Waals surface area contributed by atoms with Gasteiger partial charge in [-0.25, -0.2) is 0 Å². The van der Waals surface area contributed by atoms with Crippen molar-refractivity contribution in [3.05, 3.63) is 99.8 Å². The number of nitrogens with one attached hydrogen (secondary N) is 1. The summed E-state index contributed by atoms with van der Waals surface area (Å²) < 4.78 is 7.53. The van der Waals surface area contributed by atoms with E-state index in [0.717, 1.165) is 15.3 Å². The average Bonchev–Trinajstić information content (AvgIpc) is 2.77. The van der Waals surface area contributed by atoms with E-state index in [0.29, 0.717) is 17.1 Å². The third-order valence-electron chi connectivity index (χ3n) is 4.75. The summed E-state index contributed by atoms with van der Waals surface area (Å²) in [6.07, 6.45) is 2.95. The Hall–Kier alpha value is -4.13. The van der Waals surface area contributed by atoms with E-state index in [4.69, 9.17) is 4.74 Å². The van der Waals surface area contributed by atoms with Crippen molar-refractivity contribution in [3.63, 3.8) is 0 Å². The zero-order valence-electron chi connectivity index (χ0n) is 16.2. The predicted octanol–water partition coefficient (Wildman–Crippen LogP) is 2.80. The first-order valence-electron chi connectivity index (χ1n) is 9.31. The van der Waals surface area contributed by atoms with Crippen LogP contribution in [-0.2, 0) is 11.3 Å². The smallest absolute Gasteiger partial charge is 0.321 e. The van der Waals surface area contributed by atoms with Crippen molar-refractivity contribution in [2.45, 2.75) is 6.54 Å². The Morgan fingerprint density at radius 2 is 1.70 bits per heavy atom. The van der Waals surface area contributed by atoms with Gasteiger partial charge < -0.3 is 10.1 Å². The molecule has 0 fully saturated rings. The molecule has 1 N–H and O–H groups in total. The van der Waals surface area contributed by atoms with Gasteiger partial charge in [-0.1, -0.05) is 42.5 Å². The SMILES string of the molecule is COc1cccc(NC(=O)Cn2ccn(-c3cccc4ccccc34)c(=O)c2=O)c1. The van der Waals surface area contributed by atoms with Crippen LogP contribution in [0.25, 0.3) is 16.5 Å². The molecule has 1 amide bonds. The number of hydrogen-bond acceptors (Lipinski definition) is 4. The number of aromatic nitrogens is 2. The fraction of sp³-hybridized carbons (Fsp3) is 0.0870. The maximum Gasteiger partial charge on any atom is 0.321 e. The second-order valence-electron chi connectivity index (χ2n) is 6.68. The molecule has 0 aliphatic rings. The Morgan fingerprint density at radius 3 is 2.53 bits per heavy atom. The highest BCUT2D eigenvalue weighted by atomic mass is 16.5. The Kier molecular flexibility index (Phi) is 5.17. The molecule has 4 aromatic rings. The summed E-state index contributed by atoms with van der Waals surface area (Å²) in [6, 6.07) is 20.0. The maximum atomic E-state index is 12.7. The van der Waals surface area contributed by atoms with Crippen molar-refractivity contribution >= 4 is 22.4 Å². The summed E-state index contributed by atoms with van der Waals surface area (Å²) >= 11 is 0. The van der Waals surface area contributed by atoms with Gasteiger partial charge in [0.05, 0.1) is 12.8 Å². The molecule has 0 saturated heterocycles. The van der Waals surface area contributed by atoms with Gasteiger partial charge in [0.1, 0.15) is 12.3 Å². The molecule has 1 aromatic heterocycles. The summed E-state index contributed by atoms with van der Waals surface area (Å²) in [5.74, 6) is 0.176. The van der Waals surface area contributed by atoms with Crippen LogP contribution in [0, 0.1) is 0 Å². The van der Waals surface area contributed by atoms with Crippen molar-refractivity contribution < 1.29 is 9.53 Å². The number of hydrogen-bond donors (Lipinski definition) is 1. The molecule has 0 saturated carbocycles. The minimum atomic E-state index is -0.772. The van der Waals surface area contributed by atoms with Gasteiger partial charge in [0.2, 0.25) is 5.91 Å². The van der Waals surface area contributed by atoms with Crippen LogP contribution in [0.5, 0.6) is 5.75 Å². The molecular formula is C23H19N3O4. The van der Waals surface area contributed by atoms with Gasteiger partial charge in [-0.05, 0) is 23.6 Å². The first-order valence-corrected chi connectivity index (χ1v) is 9.31. The minimum absolute atomic E-state index is 0.276. The van der Waals surface area contributed by atoms with Gasteiger partial charge in [-0.15, -0.1) is 0 Å². The lowest BCUT2D eigenvalue weighted by atomic mass is 10.1. The Morgan fingerprint density at radius 1 is 0.933 bits per heavy atom. The summed E-state index contributed by atoms with van der Waals surface area (Å²) in [5.41, 5.74) is -0.339. The topological polar surface area (TPSA) is 82.3 Å². The van der Waals surface area contributed by atoms with Gasteiger partial charge in [0, 0.05) is 29.5 Å². The largest absolute Gasteiger partial charge is 0.497 e. The van der Waals surface area contributed by atoms with E-state index in [2.05, 4.69) is 5.32 Å². The third-order valence-corrected chi connectivity index (χ3v) is 4.75. The molecule has 0 aliphatic heterocycles. The van der Waals surface area contributed by atoms with Crippen molar-refractivity contribution in [1.29, 1.82) is 0 Å². The lowest BCUT2D eigenvalue weighted by Crippen LogP contribution is -2.41. The summed E-state index contributed by atoms with van der Waals surface area (Å²) in [4.78, 5) is 37.7. The molecule has 0 spiro atoms. The molecule has 7 nitrogen and oxygen atoms in total. The van der Waals surface area contributed by atoms with Gasteiger partial charge >= 0.3 is 11.1 Å². The number of benzene rings is 3. The first kappa shape index (κ1) is 19.2. The molecule has 0 aliphatic carbocycles. The Balaban J connectivity index is 1.62. The van der Waals surface area contributed by atoms with Crippen LogP contribution in [-0.4, -0.2) is 22.2 Å². The fourth-order valence-electron chi connectivity index (χ4n) is 3.30. The standard InChI is InChI=1S/C23H19N3O4/c1-30-18-9-5-8-17(14-18)24-21(27)15-25-12-13-26(23(29)22(25)28)20-11-4-7-16-6-2-3-10-19(16)20/h2-14H,15H2,1H3,(H,24,27). The van der Waals surface area contributed by atoms with Gasteiger partial charge in [-0.2, -0.15) is 0 Å². The van der Waals surface area contributed by atoms with E-state index in [1.807, 2.05) is 36.4 Å². The van der Waals surface area contributed by atoms with Gasteiger partial charge in [0.15, 0.2) is 0 Å². The number of amides is 1. The molecule has 0 atom stereocenters. The quantitative estimate of drug-likeness (QED) is 0.522. The van der Waals surface area contributed by atoms with Crippen LogP contribution in [0.3, 0.4) is 0 Å². The second kappa shape index (κ2) is 8.08. The highest BCUT2D eigenvalue weighted by Gasteiger charge is 2.12. The number of ether oxygens (including phenoxy) is 1. The third kappa shape index (κ3) is 3.73. The summed E-state index contributed by atoms with van der Waals surface area (Å²) in [5, 5.41) is 4.51. The molecule has 1 heterocycles. The van der Waals surface area contributed by atoms with Crippen LogP contribution >= 0.6 is 0 Å². The molecule has 0 bridgehead atoms. The van der Waals surface area contributed by atoms with Crippen molar-refractivity contribution in [2.24, 2.45) is 0 Å². The molecule has 0 radical (unpaired) electrons. The monoisotopic (exact) mass is 401 g/mol. The van der Waals surface area contributed by atoms with Crippen molar-refractivity contribution in [1.82, 2.24) is 9.13 Å². The number of nitrogens with zero attached hydrogens (tertiary/aromatic N) is 2. The van der Waals surface area contributed by atoms with E-state index in [9.17, 15) is 14.4 Å². The van der Waals surface area contributed by atoms with Crippen LogP contribution in [0.1, 0.15) is 0 Å². The van der Waals surface area contributed by atoms with Gasteiger partial charge in [-0.3, -0.25) is 23.5 Å². The van der Waals surface area contributed by atoms with E-state index in [1.54, 1.807) is 30.3 Å². The fourth-order valence-corrected chi connectivity index (χ4v) is 3.30. The highest BCUT2D eigenvalue weighted by Crippen LogP contribution is 2.20. The molecule has 150 valence electrons. The number of rotatable bonds is 5. The zero-order valence-corrected chi connectivity index (χ0v) is 16.2. The molecule has 7 heteroatoms. The van der Waals surface area contributed by atoms with E-state index in [1.165, 1.54) is 24.1 Å². The number of fused-ring (bicyclic) bond motifs is 1. The van der Waals surface area contributed by atoms with Crippen LogP contribution in [0.4, 0.5) is 5.69 Å². The molecule has 30 heavy (non-hydrogen) atoms. The average molecular weight is 401 g/mol. The number of carbonyl (C=O) groups is 1. The lowest BCUT2D eigenvalue weighted by Gasteiger charge is -2.12. The van der Waals surface area contributed by atoms with E-state index in [-0.39, 0.29) is 6.54 Å². The first-order chi connectivity index (χ1) is 14.6. The van der Waals surface area contributed by atoms with Gasteiger partial charge in [0.25, 0.3) is 0 Å². The number of methoxy groups -OCH3 is 1. The highest BCUT2D eigenvalue weighted by molar-refractivity contribution is 5.91.